The molecule has 1 aliphatic heterocycles. The Morgan fingerprint density at radius 1 is 1.67 bits per heavy atom. The Bertz CT molecular complexity index is 422. The number of nitrogen functional groups attached to an aromatic ring is 1. The molecular formula is C11H18N4O2S. The number of hydrazine groups is 1. The molecule has 1 saturated heterocycles. The van der Waals surface area contributed by atoms with Gasteiger partial charge in [0.2, 0.25) is 0 Å². The Kier molecular flexibility index (Phi) is 3.96. The standard InChI is InChI=1S/C11H18N4O2S/c1-11(17)2-4-15(5-3-11)6-8-7-18-10(13-8)9(16)14-12/h7,17H,2-6,12H2,1H3,(H,14,16). The predicted octanol–water partition coefficient (Wildman–Crippen LogP) is 0.0934. The van der Waals surface area contributed by atoms with Crippen LogP contribution in [0.5, 0.6) is 0 Å². The van der Waals surface area contributed by atoms with Gasteiger partial charge in [-0.3, -0.25) is 15.1 Å². The molecule has 0 atom stereocenters. The summed E-state index contributed by atoms with van der Waals surface area (Å²) < 4.78 is 0. The van der Waals surface area contributed by atoms with Crippen molar-refractivity contribution in [2.24, 2.45) is 5.84 Å². The van der Waals surface area contributed by atoms with Gasteiger partial charge in [-0.1, -0.05) is 0 Å². The van der Waals surface area contributed by atoms with E-state index in [-0.39, 0.29) is 5.91 Å². The zero-order chi connectivity index (χ0) is 13.2. The van der Waals surface area contributed by atoms with Gasteiger partial charge in [0.1, 0.15) is 0 Å². The maximum atomic E-state index is 11.3. The molecule has 1 aromatic rings. The smallest absolute Gasteiger partial charge is 0.294 e. The minimum atomic E-state index is -0.539. The van der Waals surface area contributed by atoms with Gasteiger partial charge in [0.15, 0.2) is 5.01 Å². The fraction of sp³-hybridized carbons (Fsp3) is 0.636. The molecule has 1 aliphatic rings. The van der Waals surface area contributed by atoms with Gasteiger partial charge in [-0.05, 0) is 19.8 Å². The van der Waals surface area contributed by atoms with Crippen molar-refractivity contribution in [3.8, 4) is 0 Å². The lowest BCUT2D eigenvalue weighted by atomic mass is 9.94. The van der Waals surface area contributed by atoms with Crippen LogP contribution in [0.1, 0.15) is 35.3 Å². The first kappa shape index (κ1) is 13.4. The van der Waals surface area contributed by atoms with Crippen molar-refractivity contribution < 1.29 is 9.90 Å². The second kappa shape index (κ2) is 5.31. The van der Waals surface area contributed by atoms with Gasteiger partial charge in [-0.25, -0.2) is 10.8 Å². The Morgan fingerprint density at radius 3 is 2.94 bits per heavy atom. The van der Waals surface area contributed by atoms with Gasteiger partial charge in [0.25, 0.3) is 5.91 Å². The van der Waals surface area contributed by atoms with Gasteiger partial charge < -0.3 is 5.11 Å². The van der Waals surface area contributed by atoms with Crippen molar-refractivity contribution in [3.63, 3.8) is 0 Å². The predicted molar refractivity (Wildman–Crippen MR) is 68.9 cm³/mol. The van der Waals surface area contributed by atoms with Crippen LogP contribution in [0.15, 0.2) is 5.38 Å². The van der Waals surface area contributed by atoms with Crippen LogP contribution >= 0.6 is 11.3 Å². The average molecular weight is 270 g/mol. The number of carbonyl (C=O) groups is 1. The lowest BCUT2D eigenvalue weighted by molar-refractivity contribution is -0.00754. The number of piperidine rings is 1. The van der Waals surface area contributed by atoms with Crippen LogP contribution in [0.3, 0.4) is 0 Å². The minimum absolute atomic E-state index is 0.354. The van der Waals surface area contributed by atoms with Crippen LogP contribution in [0, 0.1) is 0 Å². The highest BCUT2D eigenvalue weighted by Crippen LogP contribution is 2.22. The van der Waals surface area contributed by atoms with E-state index >= 15 is 0 Å². The van der Waals surface area contributed by atoms with Crippen molar-refractivity contribution in [2.75, 3.05) is 13.1 Å². The Morgan fingerprint density at radius 2 is 2.33 bits per heavy atom. The molecule has 1 amide bonds. The molecule has 2 heterocycles. The maximum Gasteiger partial charge on any atom is 0.294 e. The van der Waals surface area contributed by atoms with Gasteiger partial charge in [0, 0.05) is 25.0 Å². The molecule has 6 nitrogen and oxygen atoms in total. The van der Waals surface area contributed by atoms with Gasteiger partial charge >= 0.3 is 0 Å². The fourth-order valence-electron chi connectivity index (χ4n) is 1.97. The van der Waals surface area contributed by atoms with Crippen LogP contribution in [0.25, 0.3) is 0 Å². The number of aliphatic hydroxyl groups is 1. The third kappa shape index (κ3) is 3.26. The normalized spacial score (nSPS) is 19.7. The molecule has 0 aliphatic carbocycles. The topological polar surface area (TPSA) is 91.5 Å². The third-order valence-electron chi connectivity index (χ3n) is 3.20. The first-order chi connectivity index (χ1) is 8.50. The third-order valence-corrected chi connectivity index (χ3v) is 4.09. The largest absolute Gasteiger partial charge is 0.390 e. The number of amides is 1. The zero-order valence-corrected chi connectivity index (χ0v) is 11.2. The van der Waals surface area contributed by atoms with Crippen LogP contribution < -0.4 is 11.3 Å². The second-order valence-electron chi connectivity index (χ2n) is 4.89. The molecule has 0 radical (unpaired) electrons. The molecule has 0 unspecified atom stereocenters. The fourth-order valence-corrected chi connectivity index (χ4v) is 2.68. The molecule has 0 saturated carbocycles. The molecule has 0 spiro atoms. The molecular weight excluding hydrogens is 252 g/mol. The van der Waals surface area contributed by atoms with E-state index in [4.69, 9.17) is 5.84 Å². The lowest BCUT2D eigenvalue weighted by Crippen LogP contribution is -2.42. The lowest BCUT2D eigenvalue weighted by Gasteiger charge is -2.35. The number of likely N-dealkylation sites (tertiary alicyclic amines) is 1. The molecule has 100 valence electrons. The second-order valence-corrected chi connectivity index (χ2v) is 5.75. The number of hydrogen-bond acceptors (Lipinski definition) is 6. The Hall–Kier alpha value is -1.02. The van der Waals surface area contributed by atoms with E-state index in [2.05, 4.69) is 15.3 Å². The molecule has 7 heteroatoms. The summed E-state index contributed by atoms with van der Waals surface area (Å²) in [5.41, 5.74) is 2.41. The highest BCUT2D eigenvalue weighted by Gasteiger charge is 2.27. The summed E-state index contributed by atoms with van der Waals surface area (Å²) >= 11 is 1.29. The Labute approximate surface area is 110 Å². The molecule has 4 N–H and O–H groups in total. The number of nitrogens with zero attached hydrogens (tertiary/aromatic N) is 2. The van der Waals surface area contributed by atoms with Crippen molar-refractivity contribution in [1.29, 1.82) is 0 Å². The van der Waals surface area contributed by atoms with E-state index in [0.717, 1.165) is 31.6 Å². The first-order valence-corrected chi connectivity index (χ1v) is 6.78. The van der Waals surface area contributed by atoms with Gasteiger partial charge in [-0.15, -0.1) is 11.3 Å². The summed E-state index contributed by atoms with van der Waals surface area (Å²) in [7, 11) is 0. The molecule has 1 aromatic heterocycles. The van der Waals surface area contributed by atoms with Gasteiger partial charge in [-0.2, -0.15) is 0 Å². The van der Waals surface area contributed by atoms with Crippen LogP contribution in [-0.2, 0) is 6.54 Å². The maximum absolute atomic E-state index is 11.3. The quantitative estimate of drug-likeness (QED) is 0.411. The molecule has 0 aromatic carbocycles. The Balaban J connectivity index is 1.90. The summed E-state index contributed by atoms with van der Waals surface area (Å²) in [5.74, 6) is 4.70. The number of aromatic nitrogens is 1. The summed E-state index contributed by atoms with van der Waals surface area (Å²) in [4.78, 5) is 17.7. The minimum Gasteiger partial charge on any atom is -0.390 e. The highest BCUT2D eigenvalue weighted by atomic mass is 32.1. The zero-order valence-electron chi connectivity index (χ0n) is 10.3. The van der Waals surface area contributed by atoms with Crippen molar-refractivity contribution in [3.05, 3.63) is 16.1 Å². The van der Waals surface area contributed by atoms with Gasteiger partial charge in [0.05, 0.1) is 11.3 Å². The van der Waals surface area contributed by atoms with E-state index < -0.39 is 5.60 Å². The average Bonchev–Trinajstić information content (AvgIpc) is 2.79. The van der Waals surface area contributed by atoms with Crippen LogP contribution in [0.2, 0.25) is 0 Å². The van der Waals surface area contributed by atoms with E-state index in [1.807, 2.05) is 12.3 Å². The van der Waals surface area contributed by atoms with E-state index in [1.54, 1.807) is 0 Å². The summed E-state index contributed by atoms with van der Waals surface area (Å²) in [5, 5.41) is 12.1. The summed E-state index contributed by atoms with van der Waals surface area (Å²) in [6, 6.07) is 0. The van der Waals surface area contributed by atoms with Crippen molar-refractivity contribution >= 4 is 17.2 Å². The van der Waals surface area contributed by atoms with Crippen molar-refractivity contribution in [1.82, 2.24) is 15.3 Å². The number of carbonyl (C=O) groups excluding carboxylic acids is 1. The molecule has 2 rings (SSSR count). The number of nitrogens with one attached hydrogen (secondary N) is 1. The molecule has 0 bridgehead atoms. The van der Waals surface area contributed by atoms with E-state index in [9.17, 15) is 9.90 Å². The van der Waals surface area contributed by atoms with E-state index in [1.165, 1.54) is 11.3 Å². The van der Waals surface area contributed by atoms with Crippen LogP contribution in [0.4, 0.5) is 0 Å². The van der Waals surface area contributed by atoms with Crippen molar-refractivity contribution in [2.45, 2.75) is 31.9 Å². The summed E-state index contributed by atoms with van der Waals surface area (Å²) in [6.07, 6.45) is 1.54. The van der Waals surface area contributed by atoms with Crippen LogP contribution in [-0.4, -0.2) is 39.6 Å². The number of rotatable bonds is 3. The molecule has 18 heavy (non-hydrogen) atoms. The summed E-state index contributed by atoms with van der Waals surface area (Å²) in [6.45, 7) is 4.28. The SMILES string of the molecule is CC1(O)CCN(Cc2csc(C(=O)NN)n2)CC1. The van der Waals surface area contributed by atoms with E-state index in [0.29, 0.717) is 11.6 Å². The first-order valence-electron chi connectivity index (χ1n) is 5.90. The highest BCUT2D eigenvalue weighted by molar-refractivity contribution is 7.11. The number of hydrogen-bond donors (Lipinski definition) is 3. The molecule has 1 fully saturated rings. The number of nitrogens with two attached hydrogens (primary N) is 1. The number of thiazole rings is 1. The monoisotopic (exact) mass is 270 g/mol.